The average Bonchev–Trinajstić information content (AvgIpc) is 2.49. The highest BCUT2D eigenvalue weighted by molar-refractivity contribution is 7.92. The monoisotopic (exact) mass is 378 g/mol. The first-order chi connectivity index (χ1) is 10.7. The fourth-order valence-electron chi connectivity index (χ4n) is 2.95. The summed E-state index contributed by atoms with van der Waals surface area (Å²) in [6, 6.07) is 4.22. The van der Waals surface area contributed by atoms with Gasteiger partial charge in [0.15, 0.2) is 14.6 Å². The number of amides is 1. The van der Waals surface area contributed by atoms with Crippen LogP contribution in [0.5, 0.6) is 0 Å². The summed E-state index contributed by atoms with van der Waals surface area (Å²) in [5.74, 6) is -0.783. The second kappa shape index (κ2) is 7.80. The molecule has 2 N–H and O–H groups in total. The van der Waals surface area contributed by atoms with Crippen LogP contribution < -0.4 is 10.6 Å². The summed E-state index contributed by atoms with van der Waals surface area (Å²) in [7, 11) is -3.54. The molecule has 1 aromatic rings. The molecule has 0 saturated carbocycles. The summed E-state index contributed by atoms with van der Waals surface area (Å²) in [6.45, 7) is 4.40. The maximum Gasteiger partial charge on any atom is 0.242 e. The molecular formula is C16H24ClFN2O3S. The maximum absolute atomic E-state index is 13.4. The number of nitrogens with one attached hydrogen (secondary N) is 2. The number of halogens is 2. The Kier molecular flexibility index (Phi) is 6.78. The van der Waals surface area contributed by atoms with E-state index in [1.54, 1.807) is 26.0 Å². The summed E-state index contributed by atoms with van der Waals surface area (Å²) in [6.07, 6.45) is 1.63. The molecule has 1 heterocycles. The molecule has 1 aliphatic rings. The largest absolute Gasteiger partial charge is 0.348 e. The van der Waals surface area contributed by atoms with Crippen LogP contribution in [0.2, 0.25) is 0 Å². The summed E-state index contributed by atoms with van der Waals surface area (Å²) >= 11 is 0. The third-order valence-electron chi connectivity index (χ3n) is 4.56. The van der Waals surface area contributed by atoms with Crippen LogP contribution >= 0.6 is 12.4 Å². The average molecular weight is 379 g/mol. The van der Waals surface area contributed by atoms with Gasteiger partial charge in [-0.3, -0.25) is 4.79 Å². The van der Waals surface area contributed by atoms with Gasteiger partial charge in [-0.1, -0.05) is 12.1 Å². The van der Waals surface area contributed by atoms with Crippen LogP contribution in [0.1, 0.15) is 36.9 Å². The molecule has 8 heteroatoms. The highest BCUT2D eigenvalue weighted by Crippen LogP contribution is 2.29. The number of carbonyl (C=O) groups excluding carboxylic acids is 1. The second-order valence-electron chi connectivity index (χ2n) is 6.22. The van der Waals surface area contributed by atoms with Crippen LogP contribution in [0, 0.1) is 12.7 Å². The van der Waals surface area contributed by atoms with Crippen LogP contribution in [0.3, 0.4) is 0 Å². The first-order valence-corrected chi connectivity index (χ1v) is 9.54. The Morgan fingerprint density at radius 2 is 1.92 bits per heavy atom. The van der Waals surface area contributed by atoms with Crippen molar-refractivity contribution in [2.75, 3.05) is 19.3 Å². The van der Waals surface area contributed by atoms with Gasteiger partial charge in [-0.15, -0.1) is 12.4 Å². The van der Waals surface area contributed by atoms with Gasteiger partial charge in [0.1, 0.15) is 5.82 Å². The maximum atomic E-state index is 13.4. The zero-order valence-electron chi connectivity index (χ0n) is 14.1. The van der Waals surface area contributed by atoms with E-state index in [-0.39, 0.29) is 31.1 Å². The highest BCUT2D eigenvalue weighted by Gasteiger charge is 2.48. The predicted molar refractivity (Wildman–Crippen MR) is 94.6 cm³/mol. The molecule has 24 heavy (non-hydrogen) atoms. The lowest BCUT2D eigenvalue weighted by Crippen LogP contribution is -2.57. The Labute approximate surface area is 148 Å². The Balaban J connectivity index is 0.00000288. The van der Waals surface area contributed by atoms with Crippen molar-refractivity contribution in [3.63, 3.8) is 0 Å². The summed E-state index contributed by atoms with van der Waals surface area (Å²) in [4.78, 5) is 12.7. The van der Waals surface area contributed by atoms with Crippen molar-refractivity contribution in [2.45, 2.75) is 37.5 Å². The van der Waals surface area contributed by atoms with Crippen LogP contribution in [-0.2, 0) is 14.6 Å². The van der Waals surface area contributed by atoms with Gasteiger partial charge >= 0.3 is 0 Å². The zero-order chi connectivity index (χ0) is 17.3. The Morgan fingerprint density at radius 3 is 2.42 bits per heavy atom. The molecule has 0 aliphatic carbocycles. The van der Waals surface area contributed by atoms with Crippen LogP contribution in [0.25, 0.3) is 0 Å². The molecule has 0 spiro atoms. The molecule has 0 radical (unpaired) electrons. The molecule has 1 saturated heterocycles. The van der Waals surface area contributed by atoms with Crippen molar-refractivity contribution < 1.29 is 17.6 Å². The third kappa shape index (κ3) is 4.07. The lowest BCUT2D eigenvalue weighted by molar-refractivity contribution is -0.125. The Morgan fingerprint density at radius 1 is 1.33 bits per heavy atom. The van der Waals surface area contributed by atoms with Crippen molar-refractivity contribution in [2.24, 2.45) is 0 Å². The molecule has 136 valence electrons. The van der Waals surface area contributed by atoms with Gasteiger partial charge in [-0.05, 0) is 57.0 Å². The molecular weight excluding hydrogens is 355 g/mol. The lowest BCUT2D eigenvalue weighted by Gasteiger charge is -2.35. The van der Waals surface area contributed by atoms with E-state index in [0.717, 1.165) is 11.8 Å². The van der Waals surface area contributed by atoms with E-state index in [1.807, 2.05) is 0 Å². The molecule has 1 aliphatic heterocycles. The third-order valence-corrected chi connectivity index (χ3v) is 6.58. The number of aryl methyl sites for hydroxylation is 1. The second-order valence-corrected chi connectivity index (χ2v) is 8.55. The summed E-state index contributed by atoms with van der Waals surface area (Å²) in [5, 5.41) is 5.87. The Hall–Kier alpha value is -1.18. The molecule has 1 atom stereocenters. The number of benzene rings is 1. The van der Waals surface area contributed by atoms with Gasteiger partial charge in [0.05, 0.1) is 6.04 Å². The first-order valence-electron chi connectivity index (χ1n) is 7.65. The van der Waals surface area contributed by atoms with E-state index in [0.29, 0.717) is 18.7 Å². The van der Waals surface area contributed by atoms with Crippen LogP contribution in [0.4, 0.5) is 4.39 Å². The number of carbonyl (C=O) groups is 1. The number of hydrogen-bond acceptors (Lipinski definition) is 4. The van der Waals surface area contributed by atoms with Crippen molar-refractivity contribution >= 4 is 28.2 Å². The van der Waals surface area contributed by atoms with Gasteiger partial charge in [-0.2, -0.15) is 0 Å². The quantitative estimate of drug-likeness (QED) is 0.839. The van der Waals surface area contributed by atoms with E-state index in [4.69, 9.17) is 0 Å². The standard InChI is InChI=1S/C16H23FN2O3S.ClH/c1-11-10-13(4-5-14(11)17)12(2)19-15(20)16(23(3,21)22)6-8-18-9-7-16;/h4-5,10,12,18H,6-9H2,1-3H3,(H,19,20);1H. The lowest BCUT2D eigenvalue weighted by atomic mass is 9.95. The van der Waals surface area contributed by atoms with Crippen LogP contribution in [-0.4, -0.2) is 38.4 Å². The highest BCUT2D eigenvalue weighted by atomic mass is 35.5. The Bertz CT molecular complexity index is 703. The molecule has 1 amide bonds. The minimum atomic E-state index is -3.54. The molecule has 1 fully saturated rings. The van der Waals surface area contributed by atoms with Gasteiger partial charge in [-0.25, -0.2) is 12.8 Å². The molecule has 2 rings (SSSR count). The van der Waals surface area contributed by atoms with Crippen molar-refractivity contribution in [1.29, 1.82) is 0 Å². The fraction of sp³-hybridized carbons (Fsp3) is 0.562. The number of rotatable bonds is 4. The van der Waals surface area contributed by atoms with E-state index < -0.39 is 26.5 Å². The van der Waals surface area contributed by atoms with E-state index >= 15 is 0 Å². The van der Waals surface area contributed by atoms with Crippen LogP contribution in [0.15, 0.2) is 18.2 Å². The van der Waals surface area contributed by atoms with Gasteiger partial charge in [0.25, 0.3) is 0 Å². The SMILES string of the molecule is Cc1cc(C(C)NC(=O)C2(S(C)(=O)=O)CCNCC2)ccc1F.Cl. The van der Waals surface area contributed by atoms with E-state index in [9.17, 15) is 17.6 Å². The van der Waals surface area contributed by atoms with Gasteiger partial charge in [0.2, 0.25) is 5.91 Å². The minimum absolute atomic E-state index is 0. The topological polar surface area (TPSA) is 75.3 Å². The normalized spacial score (nSPS) is 18.3. The van der Waals surface area contributed by atoms with E-state index in [2.05, 4.69) is 10.6 Å². The minimum Gasteiger partial charge on any atom is -0.348 e. The van der Waals surface area contributed by atoms with Gasteiger partial charge in [0, 0.05) is 6.26 Å². The smallest absolute Gasteiger partial charge is 0.242 e. The molecule has 0 bridgehead atoms. The predicted octanol–water partition coefficient (Wildman–Crippen LogP) is 1.90. The number of hydrogen-bond donors (Lipinski definition) is 2. The summed E-state index contributed by atoms with van der Waals surface area (Å²) in [5.41, 5.74) is 1.23. The van der Waals surface area contributed by atoms with Crippen molar-refractivity contribution in [3.05, 3.63) is 35.1 Å². The molecule has 0 aromatic heterocycles. The number of sulfone groups is 1. The van der Waals surface area contributed by atoms with Crippen molar-refractivity contribution in [3.8, 4) is 0 Å². The fourth-order valence-corrected chi connectivity index (χ4v) is 4.29. The zero-order valence-corrected chi connectivity index (χ0v) is 15.7. The molecule has 5 nitrogen and oxygen atoms in total. The van der Waals surface area contributed by atoms with Crippen molar-refractivity contribution in [1.82, 2.24) is 10.6 Å². The van der Waals surface area contributed by atoms with E-state index in [1.165, 1.54) is 6.07 Å². The van der Waals surface area contributed by atoms with Gasteiger partial charge < -0.3 is 10.6 Å². The summed E-state index contributed by atoms with van der Waals surface area (Å²) < 4.78 is 36.4. The molecule has 1 aromatic carbocycles. The number of piperidine rings is 1. The molecule has 1 unspecified atom stereocenters. The first kappa shape index (κ1) is 20.9.